The van der Waals surface area contributed by atoms with Crippen LogP contribution in [0.2, 0.25) is 0 Å². The third-order valence-corrected chi connectivity index (χ3v) is 9.32. The molecule has 3 aromatic carbocycles. The van der Waals surface area contributed by atoms with E-state index in [4.69, 9.17) is 4.74 Å². The number of anilines is 1. The van der Waals surface area contributed by atoms with E-state index in [0.29, 0.717) is 44.0 Å². The molecule has 0 unspecified atom stereocenters. The van der Waals surface area contributed by atoms with E-state index in [-0.39, 0.29) is 17.9 Å². The number of ether oxygens (including phenoxy) is 1. The van der Waals surface area contributed by atoms with Crippen molar-refractivity contribution in [1.29, 1.82) is 0 Å². The molecule has 1 aliphatic heterocycles. The molecule has 1 aliphatic rings. The number of nitrogens with zero attached hydrogens (tertiary/aromatic N) is 1. The Balaban J connectivity index is 1.53. The van der Waals surface area contributed by atoms with Gasteiger partial charge in [0.25, 0.3) is 5.91 Å². The van der Waals surface area contributed by atoms with Gasteiger partial charge in [0.2, 0.25) is 10.0 Å². The van der Waals surface area contributed by atoms with Crippen LogP contribution in [0.15, 0.2) is 75.7 Å². The number of benzene rings is 3. The third-order valence-electron chi connectivity index (χ3n) is 6.54. The summed E-state index contributed by atoms with van der Waals surface area (Å²) in [6, 6.07) is 19.8. The number of halogens is 2. The van der Waals surface area contributed by atoms with E-state index in [1.165, 1.54) is 4.31 Å². The molecule has 11 heteroatoms. The van der Waals surface area contributed by atoms with Gasteiger partial charge < -0.3 is 20.5 Å². The lowest BCUT2D eigenvalue weighted by Crippen LogP contribution is -2.48. The minimum absolute atomic E-state index is 0.0720. The molecule has 1 fully saturated rings. The molecule has 8 nitrogen and oxygen atoms in total. The normalized spacial score (nSPS) is 15.9. The summed E-state index contributed by atoms with van der Waals surface area (Å²) < 4.78 is 34.0. The summed E-state index contributed by atoms with van der Waals surface area (Å²) in [5.41, 5.74) is 2.67. The van der Waals surface area contributed by atoms with E-state index in [9.17, 15) is 18.3 Å². The second-order valence-corrected chi connectivity index (χ2v) is 13.5. The molecule has 4 rings (SSSR count). The number of carbonyl (C=O) groups is 1. The molecule has 0 radical (unpaired) electrons. The molecule has 3 aromatic rings. The number of nitrogens with one attached hydrogen (secondary N) is 2. The summed E-state index contributed by atoms with van der Waals surface area (Å²) >= 11 is 6.98. The van der Waals surface area contributed by atoms with E-state index in [1.54, 1.807) is 18.2 Å². The van der Waals surface area contributed by atoms with Gasteiger partial charge in [-0.15, -0.1) is 0 Å². The van der Waals surface area contributed by atoms with Gasteiger partial charge in [0, 0.05) is 40.2 Å². The number of hydrogen-bond donors (Lipinski definition) is 3. The average Bonchev–Trinajstić information content (AvgIpc) is 3.27. The molecule has 1 amide bonds. The van der Waals surface area contributed by atoms with Crippen molar-refractivity contribution in [2.24, 2.45) is 0 Å². The standard InChI is InChI=1S/C29H33Br2N3O5S/c1-2-39-26-15-22(14-25(17-26)34-9-6-10-40(34,37)38)29(36)33-27(13-20-7-4-3-5-8-20)28(35)19-32-18-21-11-23(30)16-24(31)12-21/h3-5,7-8,11-12,14-17,27-28,32,35H,2,6,9-10,13,18-19H2,1H3,(H,33,36)/t27-,28+/m0/s1. The highest BCUT2D eigenvalue weighted by atomic mass is 79.9. The van der Waals surface area contributed by atoms with Crippen LogP contribution in [0.1, 0.15) is 34.8 Å². The minimum atomic E-state index is -3.44. The number of sulfonamides is 1. The SMILES string of the molecule is CCOc1cc(C(=O)N[C@@H](Cc2ccccc2)[C@H](O)CNCc2cc(Br)cc(Br)c2)cc(N2CCCS2(=O)=O)c1. The zero-order valence-electron chi connectivity index (χ0n) is 22.1. The summed E-state index contributed by atoms with van der Waals surface area (Å²) in [6.45, 7) is 3.33. The Morgan fingerprint density at radius 2 is 1.77 bits per heavy atom. The third kappa shape index (κ3) is 8.29. The quantitative estimate of drug-likeness (QED) is 0.255. The molecule has 0 aliphatic carbocycles. The van der Waals surface area contributed by atoms with E-state index >= 15 is 0 Å². The predicted octanol–water partition coefficient (Wildman–Crippen LogP) is 4.64. The van der Waals surface area contributed by atoms with Crippen molar-refractivity contribution in [3.05, 3.63) is 92.4 Å². The summed E-state index contributed by atoms with van der Waals surface area (Å²) in [5.74, 6) is 0.0624. The monoisotopic (exact) mass is 693 g/mol. The van der Waals surface area contributed by atoms with Crippen LogP contribution >= 0.6 is 31.9 Å². The molecule has 2 atom stereocenters. The van der Waals surface area contributed by atoms with Gasteiger partial charge in [-0.1, -0.05) is 62.2 Å². The van der Waals surface area contributed by atoms with E-state index in [2.05, 4.69) is 42.5 Å². The molecular formula is C29H33Br2N3O5S. The molecule has 1 saturated heterocycles. The molecule has 3 N–H and O–H groups in total. The first-order chi connectivity index (χ1) is 19.1. The Bertz CT molecular complexity index is 1400. The average molecular weight is 695 g/mol. The van der Waals surface area contributed by atoms with Crippen LogP contribution in [-0.2, 0) is 23.0 Å². The first-order valence-corrected chi connectivity index (χ1v) is 16.3. The number of rotatable bonds is 12. The smallest absolute Gasteiger partial charge is 0.251 e. The van der Waals surface area contributed by atoms with Crippen LogP contribution < -0.4 is 19.7 Å². The Morgan fingerprint density at radius 1 is 1.05 bits per heavy atom. The summed E-state index contributed by atoms with van der Waals surface area (Å²) in [4.78, 5) is 13.5. The van der Waals surface area contributed by atoms with E-state index in [1.807, 2.05) is 55.5 Å². The van der Waals surface area contributed by atoms with Gasteiger partial charge in [0.05, 0.1) is 30.2 Å². The van der Waals surface area contributed by atoms with Gasteiger partial charge in [-0.3, -0.25) is 9.10 Å². The molecule has 0 bridgehead atoms. The molecular weight excluding hydrogens is 662 g/mol. The number of aliphatic hydroxyl groups excluding tert-OH is 1. The fourth-order valence-electron chi connectivity index (χ4n) is 4.66. The van der Waals surface area contributed by atoms with Gasteiger partial charge in [-0.05, 0) is 61.2 Å². The van der Waals surface area contributed by atoms with Crippen LogP contribution in [0, 0.1) is 0 Å². The van der Waals surface area contributed by atoms with Crippen molar-refractivity contribution in [3.8, 4) is 5.75 Å². The zero-order chi connectivity index (χ0) is 28.7. The van der Waals surface area contributed by atoms with Crippen molar-refractivity contribution in [2.75, 3.05) is 29.8 Å². The minimum Gasteiger partial charge on any atom is -0.494 e. The van der Waals surface area contributed by atoms with Gasteiger partial charge in [0.15, 0.2) is 0 Å². The van der Waals surface area contributed by atoms with Crippen molar-refractivity contribution in [1.82, 2.24) is 10.6 Å². The lowest BCUT2D eigenvalue weighted by atomic mass is 10.00. The Morgan fingerprint density at radius 3 is 2.42 bits per heavy atom. The van der Waals surface area contributed by atoms with E-state index < -0.39 is 28.1 Å². The Kier molecular flexibility index (Phi) is 10.6. The molecule has 214 valence electrons. The van der Waals surface area contributed by atoms with Gasteiger partial charge in [-0.25, -0.2) is 8.42 Å². The molecule has 1 heterocycles. The largest absolute Gasteiger partial charge is 0.494 e. The van der Waals surface area contributed by atoms with Crippen LogP contribution in [0.5, 0.6) is 5.75 Å². The van der Waals surface area contributed by atoms with Gasteiger partial charge in [0.1, 0.15) is 5.75 Å². The highest BCUT2D eigenvalue weighted by Crippen LogP contribution is 2.29. The van der Waals surface area contributed by atoms with Gasteiger partial charge >= 0.3 is 0 Å². The first-order valence-electron chi connectivity index (χ1n) is 13.1. The molecule has 0 aromatic heterocycles. The van der Waals surface area contributed by atoms with Crippen LogP contribution in [0.4, 0.5) is 5.69 Å². The Hall–Kier alpha value is -2.44. The summed E-state index contributed by atoms with van der Waals surface area (Å²) in [6.07, 6.45) is 0.0437. The predicted molar refractivity (Wildman–Crippen MR) is 164 cm³/mol. The number of hydrogen-bond acceptors (Lipinski definition) is 6. The van der Waals surface area contributed by atoms with Crippen LogP contribution in [-0.4, -0.2) is 57.0 Å². The second-order valence-electron chi connectivity index (χ2n) is 9.64. The number of carbonyl (C=O) groups excluding carboxylic acids is 1. The van der Waals surface area contributed by atoms with Crippen molar-refractivity contribution in [3.63, 3.8) is 0 Å². The maximum absolute atomic E-state index is 13.5. The summed E-state index contributed by atoms with van der Waals surface area (Å²) in [7, 11) is -3.44. The maximum atomic E-state index is 13.5. The van der Waals surface area contributed by atoms with E-state index in [0.717, 1.165) is 20.1 Å². The second kappa shape index (κ2) is 14.0. The number of aliphatic hydroxyl groups is 1. The highest BCUT2D eigenvalue weighted by molar-refractivity contribution is 9.11. The lowest BCUT2D eigenvalue weighted by molar-refractivity contribution is 0.0829. The van der Waals surface area contributed by atoms with Crippen molar-refractivity contribution < 1.29 is 23.1 Å². The van der Waals surface area contributed by atoms with Crippen molar-refractivity contribution >= 4 is 53.5 Å². The molecule has 40 heavy (non-hydrogen) atoms. The zero-order valence-corrected chi connectivity index (χ0v) is 26.1. The van der Waals surface area contributed by atoms with Crippen molar-refractivity contribution in [2.45, 2.75) is 38.5 Å². The van der Waals surface area contributed by atoms with Crippen LogP contribution in [0.3, 0.4) is 0 Å². The highest BCUT2D eigenvalue weighted by Gasteiger charge is 2.30. The summed E-state index contributed by atoms with van der Waals surface area (Å²) in [5, 5.41) is 17.4. The maximum Gasteiger partial charge on any atom is 0.251 e. The lowest BCUT2D eigenvalue weighted by Gasteiger charge is -2.25. The fraction of sp³-hybridized carbons (Fsp3) is 0.345. The van der Waals surface area contributed by atoms with Crippen LogP contribution in [0.25, 0.3) is 0 Å². The Labute approximate surface area is 252 Å². The topological polar surface area (TPSA) is 108 Å². The molecule has 0 saturated carbocycles. The first kappa shape index (κ1) is 30.5. The van der Waals surface area contributed by atoms with Gasteiger partial charge in [-0.2, -0.15) is 0 Å². The molecule has 0 spiro atoms. The number of amides is 1. The fourth-order valence-corrected chi connectivity index (χ4v) is 7.60.